The largest absolute Gasteiger partial charge is 0.478 e. The van der Waals surface area contributed by atoms with Crippen LogP contribution in [-0.4, -0.2) is 48.1 Å². The minimum Gasteiger partial charge on any atom is -0.478 e. The Morgan fingerprint density at radius 2 is 2.10 bits per heavy atom. The predicted octanol–water partition coefficient (Wildman–Crippen LogP) is 1.60. The monoisotopic (exact) mass is 377 g/mol. The van der Waals surface area contributed by atoms with Crippen LogP contribution in [0.4, 0.5) is 0 Å². The van der Waals surface area contributed by atoms with E-state index in [2.05, 4.69) is 15.9 Å². The molecular formula is C13H16BrNO5S. The van der Waals surface area contributed by atoms with Gasteiger partial charge in [0.05, 0.1) is 16.6 Å². The first-order chi connectivity index (χ1) is 9.73. The van der Waals surface area contributed by atoms with E-state index in [1.807, 2.05) is 0 Å². The predicted molar refractivity (Wildman–Crippen MR) is 79.8 cm³/mol. The number of carbonyl (C=O) groups is 1. The molecule has 1 atom stereocenters. The lowest BCUT2D eigenvalue weighted by atomic mass is 10.1. The third-order valence-corrected chi connectivity index (χ3v) is 6.65. The topological polar surface area (TPSA) is 94.9 Å². The van der Waals surface area contributed by atoms with Gasteiger partial charge >= 0.3 is 5.97 Å². The van der Waals surface area contributed by atoms with Crippen molar-refractivity contribution in [2.75, 3.05) is 13.1 Å². The number of carboxylic acids is 1. The van der Waals surface area contributed by atoms with Crippen LogP contribution in [0.15, 0.2) is 21.5 Å². The molecule has 21 heavy (non-hydrogen) atoms. The average molecular weight is 378 g/mol. The normalized spacial score (nSPS) is 20.4. The van der Waals surface area contributed by atoms with Gasteiger partial charge in [0.2, 0.25) is 10.0 Å². The van der Waals surface area contributed by atoms with Gasteiger partial charge in [0.1, 0.15) is 0 Å². The van der Waals surface area contributed by atoms with Crippen molar-refractivity contribution in [3.05, 3.63) is 27.7 Å². The van der Waals surface area contributed by atoms with E-state index in [1.54, 1.807) is 6.92 Å². The molecule has 1 aromatic rings. The number of aliphatic hydroxyl groups excluding tert-OH is 1. The molecule has 0 amide bonds. The van der Waals surface area contributed by atoms with E-state index in [0.717, 1.165) is 6.07 Å². The highest BCUT2D eigenvalue weighted by atomic mass is 79.9. The Bertz CT molecular complexity index is 673. The zero-order valence-corrected chi connectivity index (χ0v) is 13.8. The average Bonchev–Trinajstić information content (AvgIpc) is 2.41. The number of aromatic carboxylic acids is 1. The fourth-order valence-corrected chi connectivity index (χ4v) is 4.85. The molecule has 0 radical (unpaired) electrons. The SMILES string of the molecule is Cc1cc(C(=O)O)cc(S(=O)(=O)N2CCCC(O)C2)c1Br. The van der Waals surface area contributed by atoms with Crippen molar-refractivity contribution in [3.63, 3.8) is 0 Å². The van der Waals surface area contributed by atoms with E-state index in [1.165, 1.54) is 10.4 Å². The van der Waals surface area contributed by atoms with Gasteiger partial charge in [-0.1, -0.05) is 0 Å². The third-order valence-electron chi connectivity index (χ3n) is 3.45. The summed E-state index contributed by atoms with van der Waals surface area (Å²) in [6.07, 6.45) is 0.466. The molecule has 8 heteroatoms. The Morgan fingerprint density at radius 3 is 2.67 bits per heavy atom. The molecule has 1 saturated heterocycles. The van der Waals surface area contributed by atoms with E-state index in [4.69, 9.17) is 5.11 Å². The smallest absolute Gasteiger partial charge is 0.335 e. The van der Waals surface area contributed by atoms with Crippen molar-refractivity contribution >= 4 is 31.9 Å². The van der Waals surface area contributed by atoms with Crippen LogP contribution in [0.3, 0.4) is 0 Å². The second kappa shape index (κ2) is 6.04. The lowest BCUT2D eigenvalue weighted by molar-refractivity contribution is 0.0696. The van der Waals surface area contributed by atoms with Crippen molar-refractivity contribution in [2.45, 2.75) is 30.8 Å². The van der Waals surface area contributed by atoms with Gasteiger partial charge in [-0.3, -0.25) is 0 Å². The highest BCUT2D eigenvalue weighted by molar-refractivity contribution is 9.10. The third kappa shape index (κ3) is 3.28. The number of nitrogens with zero attached hydrogens (tertiary/aromatic N) is 1. The van der Waals surface area contributed by atoms with Gasteiger partial charge in [0.15, 0.2) is 0 Å². The molecule has 1 fully saturated rings. The Kier molecular flexibility index (Phi) is 4.72. The number of piperidine rings is 1. The Morgan fingerprint density at radius 1 is 1.43 bits per heavy atom. The highest BCUT2D eigenvalue weighted by Gasteiger charge is 2.32. The maximum atomic E-state index is 12.7. The fourth-order valence-electron chi connectivity index (χ4n) is 2.33. The summed E-state index contributed by atoms with van der Waals surface area (Å²) in [5.74, 6) is -1.18. The number of aliphatic hydroxyl groups is 1. The van der Waals surface area contributed by atoms with Gasteiger partial charge in [-0.25, -0.2) is 13.2 Å². The molecule has 2 rings (SSSR count). The van der Waals surface area contributed by atoms with Crippen molar-refractivity contribution in [1.82, 2.24) is 4.31 Å². The molecule has 0 spiro atoms. The summed E-state index contributed by atoms with van der Waals surface area (Å²) in [6.45, 7) is 1.99. The minimum atomic E-state index is -3.84. The Balaban J connectivity index is 2.51. The molecule has 1 aromatic carbocycles. The van der Waals surface area contributed by atoms with Crippen molar-refractivity contribution in [3.8, 4) is 0 Å². The number of rotatable bonds is 3. The Labute approximate surface area is 131 Å². The van der Waals surface area contributed by atoms with Crippen molar-refractivity contribution < 1.29 is 23.4 Å². The lowest BCUT2D eigenvalue weighted by Crippen LogP contribution is -2.42. The summed E-state index contributed by atoms with van der Waals surface area (Å²) in [6, 6.07) is 2.56. The number of sulfonamides is 1. The van der Waals surface area contributed by atoms with Crippen molar-refractivity contribution in [2.24, 2.45) is 0 Å². The number of hydrogen-bond acceptors (Lipinski definition) is 4. The molecule has 1 heterocycles. The molecule has 0 aliphatic carbocycles. The first-order valence-electron chi connectivity index (χ1n) is 6.45. The van der Waals surface area contributed by atoms with Crippen LogP contribution in [0.25, 0.3) is 0 Å². The highest BCUT2D eigenvalue weighted by Crippen LogP contribution is 2.31. The molecule has 1 aliphatic rings. The summed E-state index contributed by atoms with van der Waals surface area (Å²) in [4.78, 5) is 11.0. The number of carboxylic acid groups (broad SMARTS) is 1. The maximum Gasteiger partial charge on any atom is 0.335 e. The second-order valence-electron chi connectivity index (χ2n) is 5.07. The lowest BCUT2D eigenvalue weighted by Gasteiger charge is -2.29. The quantitative estimate of drug-likeness (QED) is 0.833. The maximum absolute atomic E-state index is 12.7. The van der Waals surface area contributed by atoms with Crippen LogP contribution in [0, 0.1) is 6.92 Å². The number of aryl methyl sites for hydroxylation is 1. The second-order valence-corrected chi connectivity index (χ2v) is 7.77. The summed E-state index contributed by atoms with van der Waals surface area (Å²) in [5.41, 5.74) is 0.456. The van der Waals surface area contributed by atoms with Crippen LogP contribution in [0.5, 0.6) is 0 Å². The van der Waals surface area contributed by atoms with Crippen LogP contribution in [0.1, 0.15) is 28.8 Å². The molecular weight excluding hydrogens is 362 g/mol. The minimum absolute atomic E-state index is 0.0329. The van der Waals surface area contributed by atoms with Gasteiger partial charge in [-0.15, -0.1) is 0 Å². The van der Waals surface area contributed by atoms with E-state index in [9.17, 15) is 18.3 Å². The van der Waals surface area contributed by atoms with Gasteiger partial charge < -0.3 is 10.2 Å². The first kappa shape index (κ1) is 16.4. The van der Waals surface area contributed by atoms with Gasteiger partial charge in [-0.05, 0) is 53.4 Å². The van der Waals surface area contributed by atoms with Gasteiger partial charge in [-0.2, -0.15) is 4.31 Å². The molecule has 0 aromatic heterocycles. The molecule has 1 unspecified atom stereocenters. The van der Waals surface area contributed by atoms with Crippen molar-refractivity contribution in [1.29, 1.82) is 0 Å². The fraction of sp³-hybridized carbons (Fsp3) is 0.462. The molecule has 1 aliphatic heterocycles. The first-order valence-corrected chi connectivity index (χ1v) is 8.68. The summed E-state index contributed by atoms with van der Waals surface area (Å²) >= 11 is 3.22. The molecule has 2 N–H and O–H groups in total. The number of benzene rings is 1. The molecule has 0 bridgehead atoms. The Hall–Kier alpha value is -0.960. The van der Waals surface area contributed by atoms with Crippen LogP contribution >= 0.6 is 15.9 Å². The number of hydrogen-bond donors (Lipinski definition) is 2. The van der Waals surface area contributed by atoms with Crippen LogP contribution in [0.2, 0.25) is 0 Å². The van der Waals surface area contributed by atoms with E-state index < -0.39 is 22.1 Å². The van der Waals surface area contributed by atoms with Gasteiger partial charge in [0.25, 0.3) is 0 Å². The van der Waals surface area contributed by atoms with Gasteiger partial charge in [0, 0.05) is 17.6 Å². The van der Waals surface area contributed by atoms with Crippen LogP contribution in [-0.2, 0) is 10.0 Å². The summed E-state index contributed by atoms with van der Waals surface area (Å²) in [5, 5.41) is 18.7. The van der Waals surface area contributed by atoms with E-state index in [-0.39, 0.29) is 17.0 Å². The molecule has 0 saturated carbocycles. The van der Waals surface area contributed by atoms with E-state index >= 15 is 0 Å². The molecule has 116 valence electrons. The number of halogens is 1. The number of β-amino-alcohol motifs (C(OH)–C–C–N with tert-alkyl or cyclic N) is 1. The molecule has 6 nitrogen and oxygen atoms in total. The van der Waals surface area contributed by atoms with Crippen LogP contribution < -0.4 is 0 Å². The van der Waals surface area contributed by atoms with E-state index in [0.29, 0.717) is 29.4 Å². The summed E-state index contributed by atoms with van der Waals surface area (Å²) < 4.78 is 26.9. The zero-order valence-electron chi connectivity index (χ0n) is 11.4. The standard InChI is InChI=1S/C13H16BrNO5S/c1-8-5-9(13(17)18)6-11(12(8)14)21(19,20)15-4-2-3-10(16)7-15/h5-6,10,16H,2-4,7H2,1H3,(H,17,18). The zero-order chi connectivity index (χ0) is 15.8. The summed E-state index contributed by atoms with van der Waals surface area (Å²) in [7, 11) is -3.84.